The van der Waals surface area contributed by atoms with E-state index in [2.05, 4.69) is 21.2 Å². The molecule has 7 nitrogen and oxygen atoms in total. The molecule has 0 radical (unpaired) electrons. The van der Waals surface area contributed by atoms with Crippen LogP contribution in [0.5, 0.6) is 0 Å². The Labute approximate surface area is 198 Å². The Hall–Kier alpha value is -3.78. The minimum atomic E-state index is -0.504. The fraction of sp³-hybridized carbons (Fsp3) is 0.120. The van der Waals surface area contributed by atoms with Crippen LogP contribution in [0.3, 0.4) is 0 Å². The summed E-state index contributed by atoms with van der Waals surface area (Å²) in [7, 11) is 0. The normalized spacial score (nSPS) is 12.5. The highest BCUT2D eigenvalue weighted by Crippen LogP contribution is 2.30. The molecule has 0 saturated carbocycles. The molecule has 3 aromatic rings. The number of nitrogens with zero attached hydrogens (tertiary/aromatic N) is 1. The lowest BCUT2D eigenvalue weighted by molar-refractivity contribution is 0.0505. The summed E-state index contributed by atoms with van der Waals surface area (Å²) in [6.45, 7) is 2.22. The average molecular weight is 507 g/mol. The predicted molar refractivity (Wildman–Crippen MR) is 127 cm³/mol. The maximum Gasteiger partial charge on any atom is 0.338 e. The fourth-order valence-corrected chi connectivity index (χ4v) is 3.65. The molecule has 0 saturated heterocycles. The van der Waals surface area contributed by atoms with Crippen LogP contribution >= 0.6 is 15.9 Å². The highest BCUT2D eigenvalue weighted by atomic mass is 79.9. The number of carbonyl (C=O) groups is 4. The van der Waals surface area contributed by atoms with Crippen molar-refractivity contribution in [2.45, 2.75) is 13.3 Å². The number of hydrogen-bond donors (Lipinski definition) is 1. The number of benzene rings is 3. The van der Waals surface area contributed by atoms with Crippen LogP contribution in [0.4, 0.5) is 11.4 Å². The number of halogens is 1. The first-order valence-electron chi connectivity index (χ1n) is 10.3. The van der Waals surface area contributed by atoms with E-state index in [0.29, 0.717) is 35.5 Å². The van der Waals surface area contributed by atoms with Crippen LogP contribution in [0.15, 0.2) is 71.2 Å². The summed E-state index contributed by atoms with van der Waals surface area (Å²) < 4.78 is 5.95. The molecule has 0 spiro atoms. The van der Waals surface area contributed by atoms with Gasteiger partial charge in [-0.2, -0.15) is 0 Å². The number of rotatable bonds is 6. The number of hydrogen-bond acceptors (Lipinski definition) is 5. The van der Waals surface area contributed by atoms with E-state index in [0.717, 1.165) is 9.37 Å². The Kier molecular flexibility index (Phi) is 6.37. The van der Waals surface area contributed by atoms with Gasteiger partial charge in [-0.1, -0.05) is 22.9 Å². The van der Waals surface area contributed by atoms with E-state index in [1.54, 1.807) is 30.3 Å². The van der Waals surface area contributed by atoms with Crippen molar-refractivity contribution in [3.63, 3.8) is 0 Å². The highest BCUT2D eigenvalue weighted by Gasteiger charge is 2.37. The molecule has 33 heavy (non-hydrogen) atoms. The summed E-state index contributed by atoms with van der Waals surface area (Å²) >= 11 is 3.32. The van der Waals surface area contributed by atoms with E-state index in [1.807, 2.05) is 6.92 Å². The second-order valence-electron chi connectivity index (χ2n) is 7.35. The molecular weight excluding hydrogens is 488 g/mol. The molecule has 1 aliphatic heterocycles. The second-order valence-corrected chi connectivity index (χ2v) is 8.27. The zero-order valence-electron chi connectivity index (χ0n) is 17.6. The topological polar surface area (TPSA) is 92.8 Å². The van der Waals surface area contributed by atoms with Crippen molar-refractivity contribution < 1.29 is 23.9 Å². The van der Waals surface area contributed by atoms with Crippen molar-refractivity contribution in [2.24, 2.45) is 0 Å². The summed E-state index contributed by atoms with van der Waals surface area (Å²) in [5.41, 5.74) is 1.97. The molecule has 0 bridgehead atoms. The van der Waals surface area contributed by atoms with Crippen LogP contribution in [0.25, 0.3) is 0 Å². The number of esters is 1. The van der Waals surface area contributed by atoms with Gasteiger partial charge >= 0.3 is 5.97 Å². The molecule has 1 N–H and O–H groups in total. The third-order valence-corrected chi connectivity index (χ3v) is 5.58. The SMILES string of the molecule is CCCOC(=O)c1ccc(N2C(=O)c3ccc(NC(=O)c4ccc(Br)cc4)cc3C2=O)cc1. The third-order valence-electron chi connectivity index (χ3n) is 5.05. The molecule has 166 valence electrons. The van der Waals surface area contributed by atoms with Gasteiger partial charge in [0.2, 0.25) is 0 Å². The number of ether oxygens (including phenoxy) is 1. The lowest BCUT2D eigenvalue weighted by Gasteiger charge is -2.14. The number of carbonyl (C=O) groups excluding carboxylic acids is 4. The van der Waals surface area contributed by atoms with Crippen LogP contribution < -0.4 is 10.2 Å². The van der Waals surface area contributed by atoms with Crippen LogP contribution in [0.2, 0.25) is 0 Å². The number of anilines is 2. The van der Waals surface area contributed by atoms with Gasteiger partial charge in [0.1, 0.15) is 0 Å². The van der Waals surface area contributed by atoms with Crippen molar-refractivity contribution in [2.75, 3.05) is 16.8 Å². The molecule has 1 aliphatic rings. The Morgan fingerprint density at radius 2 is 1.52 bits per heavy atom. The zero-order chi connectivity index (χ0) is 23.5. The van der Waals surface area contributed by atoms with Crippen molar-refractivity contribution in [1.29, 1.82) is 0 Å². The molecule has 4 rings (SSSR count). The van der Waals surface area contributed by atoms with Crippen LogP contribution in [0, 0.1) is 0 Å². The van der Waals surface area contributed by atoms with Crippen molar-refractivity contribution in [3.05, 3.63) is 93.5 Å². The van der Waals surface area contributed by atoms with Crippen LogP contribution in [-0.4, -0.2) is 30.3 Å². The third kappa shape index (κ3) is 4.56. The lowest BCUT2D eigenvalue weighted by atomic mass is 10.1. The Bertz CT molecular complexity index is 1250. The molecule has 0 atom stereocenters. The van der Waals surface area contributed by atoms with Gasteiger partial charge in [0.15, 0.2) is 0 Å². The molecule has 0 fully saturated rings. The van der Waals surface area contributed by atoms with E-state index < -0.39 is 17.8 Å². The maximum atomic E-state index is 13.0. The van der Waals surface area contributed by atoms with E-state index >= 15 is 0 Å². The van der Waals surface area contributed by atoms with Crippen LogP contribution in [0.1, 0.15) is 54.8 Å². The van der Waals surface area contributed by atoms with Crippen molar-refractivity contribution >= 4 is 51.0 Å². The molecule has 3 amide bonds. The monoisotopic (exact) mass is 506 g/mol. The zero-order valence-corrected chi connectivity index (χ0v) is 19.2. The summed E-state index contributed by atoms with van der Waals surface area (Å²) in [5.74, 6) is -1.77. The van der Waals surface area contributed by atoms with E-state index in [4.69, 9.17) is 4.74 Å². The van der Waals surface area contributed by atoms with Gasteiger partial charge in [-0.15, -0.1) is 0 Å². The van der Waals surface area contributed by atoms with Gasteiger partial charge in [-0.3, -0.25) is 14.4 Å². The van der Waals surface area contributed by atoms with Gasteiger partial charge in [0.25, 0.3) is 17.7 Å². The van der Waals surface area contributed by atoms with E-state index in [1.165, 1.54) is 36.4 Å². The molecule has 1 heterocycles. The number of fused-ring (bicyclic) bond motifs is 1. The summed E-state index contributed by atoms with van der Waals surface area (Å²) in [6, 6.07) is 17.5. The molecule has 0 unspecified atom stereocenters. The Balaban J connectivity index is 1.53. The summed E-state index contributed by atoms with van der Waals surface area (Å²) in [4.78, 5) is 51.4. The Morgan fingerprint density at radius 1 is 0.879 bits per heavy atom. The maximum absolute atomic E-state index is 13.0. The average Bonchev–Trinajstić information content (AvgIpc) is 3.07. The van der Waals surface area contributed by atoms with Gasteiger partial charge in [-0.05, 0) is 73.2 Å². The summed E-state index contributed by atoms with van der Waals surface area (Å²) in [6.07, 6.45) is 0.713. The fourth-order valence-electron chi connectivity index (χ4n) is 3.38. The first kappa shape index (κ1) is 22.4. The second kappa shape index (κ2) is 9.38. The quantitative estimate of drug-likeness (QED) is 0.372. The molecule has 3 aromatic carbocycles. The largest absolute Gasteiger partial charge is 0.462 e. The van der Waals surface area contributed by atoms with Crippen molar-refractivity contribution in [3.8, 4) is 0 Å². The highest BCUT2D eigenvalue weighted by molar-refractivity contribution is 9.10. The van der Waals surface area contributed by atoms with Gasteiger partial charge < -0.3 is 10.1 Å². The minimum Gasteiger partial charge on any atom is -0.462 e. The molecule has 8 heteroatoms. The van der Waals surface area contributed by atoms with E-state index in [9.17, 15) is 19.2 Å². The van der Waals surface area contributed by atoms with Crippen molar-refractivity contribution in [1.82, 2.24) is 0 Å². The smallest absolute Gasteiger partial charge is 0.338 e. The van der Waals surface area contributed by atoms with Gasteiger partial charge in [0.05, 0.1) is 29.0 Å². The molecular formula is C25H19BrN2O5. The molecule has 0 aliphatic carbocycles. The van der Waals surface area contributed by atoms with Gasteiger partial charge in [-0.25, -0.2) is 9.69 Å². The number of imide groups is 1. The predicted octanol–water partition coefficient (Wildman–Crippen LogP) is 5.07. The minimum absolute atomic E-state index is 0.194. The standard InChI is InChI=1S/C25H19BrN2O5/c1-2-13-33-25(32)16-5-10-19(11-6-16)28-23(30)20-12-9-18(14-21(20)24(28)31)27-22(29)15-3-7-17(26)8-4-15/h3-12,14H,2,13H2,1H3,(H,27,29). The van der Waals surface area contributed by atoms with E-state index in [-0.39, 0.29) is 17.0 Å². The molecule has 0 aromatic heterocycles. The lowest BCUT2D eigenvalue weighted by Crippen LogP contribution is -2.29. The first-order chi connectivity index (χ1) is 15.9. The number of nitrogens with one attached hydrogen (secondary N) is 1. The Morgan fingerprint density at radius 3 is 2.18 bits per heavy atom. The number of amides is 3. The van der Waals surface area contributed by atoms with Gasteiger partial charge in [0, 0.05) is 15.7 Å². The first-order valence-corrected chi connectivity index (χ1v) is 11.0. The van der Waals surface area contributed by atoms with Crippen LogP contribution in [-0.2, 0) is 4.74 Å². The summed E-state index contributed by atoms with van der Waals surface area (Å²) in [5, 5.41) is 2.75.